The molecule has 0 amide bonds. The molecule has 0 saturated heterocycles. The lowest BCUT2D eigenvalue weighted by Gasteiger charge is -2.34. The molecule has 0 bridgehead atoms. The normalized spacial score (nSPS) is 15.6. The first-order chi connectivity index (χ1) is 11.6. The van der Waals surface area contributed by atoms with Crippen LogP contribution in [-0.4, -0.2) is 24.6 Å². The Bertz CT molecular complexity index is 401. The van der Waals surface area contributed by atoms with Crippen molar-refractivity contribution >= 4 is 11.9 Å². The van der Waals surface area contributed by atoms with Crippen LogP contribution in [0.3, 0.4) is 0 Å². The van der Waals surface area contributed by atoms with Gasteiger partial charge in [0.05, 0.1) is 12.0 Å². The topological polar surface area (TPSA) is 52.6 Å². The van der Waals surface area contributed by atoms with Crippen molar-refractivity contribution in [1.82, 2.24) is 0 Å². The molecule has 0 N–H and O–H groups in total. The van der Waals surface area contributed by atoms with Gasteiger partial charge in [-0.25, -0.2) is 4.79 Å². The minimum absolute atomic E-state index is 0.0380. The highest BCUT2D eigenvalue weighted by atomic mass is 16.6. The summed E-state index contributed by atoms with van der Waals surface area (Å²) in [6.07, 6.45) is 3.96. The maximum absolute atomic E-state index is 12.9. The number of esters is 2. The monoisotopic (exact) mass is 356 g/mol. The Balaban J connectivity index is 5.23. The van der Waals surface area contributed by atoms with Crippen molar-refractivity contribution in [2.75, 3.05) is 6.61 Å². The first-order valence-electron chi connectivity index (χ1n) is 9.99. The SMILES string of the molecule is CCCCC(C)C(OC(=O)C(C)(C)C(CC)CC(C)C)C(=O)OCC. The van der Waals surface area contributed by atoms with Crippen molar-refractivity contribution < 1.29 is 19.1 Å². The Morgan fingerprint density at radius 2 is 1.64 bits per heavy atom. The summed E-state index contributed by atoms with van der Waals surface area (Å²) in [5.41, 5.74) is -0.617. The highest BCUT2D eigenvalue weighted by Gasteiger charge is 2.41. The zero-order valence-electron chi connectivity index (χ0n) is 17.7. The van der Waals surface area contributed by atoms with E-state index in [0.717, 1.165) is 32.1 Å². The maximum Gasteiger partial charge on any atom is 0.347 e. The molecule has 25 heavy (non-hydrogen) atoms. The smallest absolute Gasteiger partial charge is 0.347 e. The van der Waals surface area contributed by atoms with Crippen LogP contribution in [0.15, 0.2) is 0 Å². The van der Waals surface area contributed by atoms with Crippen LogP contribution in [0.1, 0.15) is 87.5 Å². The average Bonchev–Trinajstić information content (AvgIpc) is 2.54. The largest absolute Gasteiger partial charge is 0.463 e. The number of carbonyl (C=O) groups is 2. The molecule has 0 aromatic heterocycles. The highest BCUT2D eigenvalue weighted by Crippen LogP contribution is 2.36. The van der Waals surface area contributed by atoms with E-state index in [1.165, 1.54) is 0 Å². The number of rotatable bonds is 12. The summed E-state index contributed by atoms with van der Waals surface area (Å²) in [5, 5.41) is 0. The van der Waals surface area contributed by atoms with Crippen LogP contribution in [0.2, 0.25) is 0 Å². The molecule has 0 aliphatic rings. The van der Waals surface area contributed by atoms with E-state index < -0.39 is 17.5 Å². The summed E-state index contributed by atoms with van der Waals surface area (Å²) in [4.78, 5) is 25.2. The number of unbranched alkanes of at least 4 members (excludes halogenated alkanes) is 1. The second-order valence-electron chi connectivity index (χ2n) is 8.15. The van der Waals surface area contributed by atoms with Crippen LogP contribution in [0.4, 0.5) is 0 Å². The molecule has 0 radical (unpaired) electrons. The van der Waals surface area contributed by atoms with Crippen LogP contribution in [0.5, 0.6) is 0 Å². The third-order valence-electron chi connectivity index (χ3n) is 5.08. The van der Waals surface area contributed by atoms with Crippen LogP contribution < -0.4 is 0 Å². The molecule has 3 unspecified atom stereocenters. The van der Waals surface area contributed by atoms with Gasteiger partial charge in [-0.2, -0.15) is 0 Å². The van der Waals surface area contributed by atoms with Gasteiger partial charge >= 0.3 is 11.9 Å². The number of ether oxygens (including phenoxy) is 2. The van der Waals surface area contributed by atoms with Crippen molar-refractivity contribution in [1.29, 1.82) is 0 Å². The lowest BCUT2D eigenvalue weighted by Crippen LogP contribution is -2.42. The molecule has 0 aliphatic carbocycles. The van der Waals surface area contributed by atoms with Gasteiger partial charge in [0.2, 0.25) is 6.10 Å². The molecule has 0 rings (SSSR count). The number of hydrogen-bond acceptors (Lipinski definition) is 4. The Labute approximate surface area is 155 Å². The summed E-state index contributed by atoms with van der Waals surface area (Å²) in [7, 11) is 0. The molecular formula is C21H40O4. The standard InChI is InChI=1S/C21H40O4/c1-9-12-13-16(6)18(19(22)24-11-3)25-20(23)21(7,8)17(10-2)14-15(4)5/h15-18H,9-14H2,1-8H3. The van der Waals surface area contributed by atoms with Crippen molar-refractivity contribution in [3.8, 4) is 0 Å². The van der Waals surface area contributed by atoms with E-state index >= 15 is 0 Å². The van der Waals surface area contributed by atoms with E-state index in [4.69, 9.17) is 9.47 Å². The summed E-state index contributed by atoms with van der Waals surface area (Å²) in [6.45, 7) is 16.4. The van der Waals surface area contributed by atoms with Gasteiger partial charge in [0, 0.05) is 5.92 Å². The highest BCUT2D eigenvalue weighted by molar-refractivity contribution is 5.82. The van der Waals surface area contributed by atoms with Crippen molar-refractivity contribution in [2.45, 2.75) is 93.6 Å². The van der Waals surface area contributed by atoms with Crippen LogP contribution in [-0.2, 0) is 19.1 Å². The summed E-state index contributed by atoms with van der Waals surface area (Å²) < 4.78 is 10.9. The van der Waals surface area contributed by atoms with Gasteiger partial charge in [0.25, 0.3) is 0 Å². The molecule has 148 valence electrons. The van der Waals surface area contributed by atoms with Gasteiger partial charge in [-0.15, -0.1) is 0 Å². The zero-order valence-corrected chi connectivity index (χ0v) is 17.7. The third-order valence-corrected chi connectivity index (χ3v) is 5.08. The fourth-order valence-electron chi connectivity index (χ4n) is 3.27. The molecule has 0 saturated carbocycles. The van der Waals surface area contributed by atoms with Crippen LogP contribution >= 0.6 is 0 Å². The second kappa shape index (κ2) is 11.5. The van der Waals surface area contributed by atoms with E-state index in [-0.39, 0.29) is 17.8 Å². The molecule has 0 aromatic rings. The third kappa shape index (κ3) is 7.79. The Morgan fingerprint density at radius 3 is 2.08 bits per heavy atom. The first-order valence-corrected chi connectivity index (χ1v) is 9.99. The Kier molecular flexibility index (Phi) is 11.0. The first kappa shape index (κ1) is 23.9. The molecule has 0 aliphatic heterocycles. The van der Waals surface area contributed by atoms with E-state index in [1.807, 2.05) is 20.8 Å². The summed E-state index contributed by atoms with van der Waals surface area (Å²) >= 11 is 0. The van der Waals surface area contributed by atoms with Crippen molar-refractivity contribution in [3.05, 3.63) is 0 Å². The van der Waals surface area contributed by atoms with Gasteiger partial charge in [0.1, 0.15) is 0 Å². The van der Waals surface area contributed by atoms with Gasteiger partial charge < -0.3 is 9.47 Å². The average molecular weight is 357 g/mol. The molecule has 4 heteroatoms. The molecule has 0 fully saturated rings. The molecule has 0 aromatic carbocycles. The summed E-state index contributed by atoms with van der Waals surface area (Å²) in [5.74, 6) is -0.00682. The predicted octanol–water partition coefficient (Wildman–Crippen LogP) is 5.39. The van der Waals surface area contributed by atoms with Crippen LogP contribution in [0.25, 0.3) is 0 Å². The minimum Gasteiger partial charge on any atom is -0.463 e. The Hall–Kier alpha value is -1.06. The van der Waals surface area contributed by atoms with E-state index in [1.54, 1.807) is 6.92 Å². The fourth-order valence-corrected chi connectivity index (χ4v) is 3.27. The lowest BCUT2D eigenvalue weighted by molar-refractivity contribution is -0.179. The van der Waals surface area contributed by atoms with Gasteiger partial charge in [0.15, 0.2) is 0 Å². The lowest BCUT2D eigenvalue weighted by atomic mass is 9.73. The minimum atomic E-state index is -0.810. The number of carbonyl (C=O) groups excluding carboxylic acids is 2. The quantitative estimate of drug-likeness (QED) is 0.440. The molecule has 0 heterocycles. The van der Waals surface area contributed by atoms with Crippen molar-refractivity contribution in [2.24, 2.45) is 23.2 Å². The van der Waals surface area contributed by atoms with Gasteiger partial charge in [-0.1, -0.05) is 53.9 Å². The van der Waals surface area contributed by atoms with Gasteiger partial charge in [-0.3, -0.25) is 4.79 Å². The van der Waals surface area contributed by atoms with E-state index in [9.17, 15) is 9.59 Å². The molecule has 3 atom stereocenters. The molecule has 4 nitrogen and oxygen atoms in total. The van der Waals surface area contributed by atoms with Crippen molar-refractivity contribution in [3.63, 3.8) is 0 Å². The molecule has 0 spiro atoms. The van der Waals surface area contributed by atoms with E-state index in [2.05, 4.69) is 27.7 Å². The fraction of sp³-hybridized carbons (Fsp3) is 0.905. The van der Waals surface area contributed by atoms with E-state index in [0.29, 0.717) is 12.5 Å². The van der Waals surface area contributed by atoms with Crippen LogP contribution in [0, 0.1) is 23.2 Å². The van der Waals surface area contributed by atoms with Gasteiger partial charge in [-0.05, 0) is 45.4 Å². The molecular weight excluding hydrogens is 316 g/mol. The predicted molar refractivity (Wildman–Crippen MR) is 102 cm³/mol. The Morgan fingerprint density at radius 1 is 1.04 bits per heavy atom. The summed E-state index contributed by atoms with van der Waals surface area (Å²) in [6, 6.07) is 0. The number of hydrogen-bond donors (Lipinski definition) is 0. The maximum atomic E-state index is 12.9. The zero-order chi connectivity index (χ0) is 19.6. The second-order valence-corrected chi connectivity index (χ2v) is 8.15.